The highest BCUT2D eigenvalue weighted by molar-refractivity contribution is 5.94. The van der Waals surface area contributed by atoms with Gasteiger partial charge in [-0.05, 0) is 24.3 Å². The van der Waals surface area contributed by atoms with Gasteiger partial charge in [-0.2, -0.15) is 5.10 Å². The Bertz CT molecular complexity index is 857. The first kappa shape index (κ1) is 17.5. The Morgan fingerprint density at radius 1 is 1.35 bits per heavy atom. The van der Waals surface area contributed by atoms with Crippen LogP contribution >= 0.6 is 0 Å². The molecule has 1 amide bonds. The van der Waals surface area contributed by atoms with Crippen LogP contribution in [0.1, 0.15) is 5.69 Å². The largest absolute Gasteiger partial charge is 0.484 e. The molecule has 0 radical (unpaired) electrons. The summed E-state index contributed by atoms with van der Waals surface area (Å²) in [6.45, 7) is 0.311. The topological polar surface area (TPSA) is 108 Å². The number of pyridine rings is 1. The summed E-state index contributed by atoms with van der Waals surface area (Å²) in [4.78, 5) is 20.0. The summed E-state index contributed by atoms with van der Waals surface area (Å²) in [6.07, 6.45) is 4.44. The standard InChI is InChI=1S/C17H17FN6O2/c18-14-7-12(23-17(25)15(19)8-24-11-20-10-22-24)4-5-16(14)26-9-13-3-1-2-6-21-13/h1-7,10-11,15H,8-9,19H2,(H,23,25). The summed E-state index contributed by atoms with van der Waals surface area (Å²) in [5, 5.41) is 6.44. The second-order valence-electron chi connectivity index (χ2n) is 5.47. The van der Waals surface area contributed by atoms with Crippen molar-refractivity contribution in [1.29, 1.82) is 0 Å². The summed E-state index contributed by atoms with van der Waals surface area (Å²) in [5.74, 6) is -0.980. The lowest BCUT2D eigenvalue weighted by Gasteiger charge is -2.13. The Labute approximate surface area is 148 Å². The van der Waals surface area contributed by atoms with Gasteiger partial charge in [-0.15, -0.1) is 0 Å². The van der Waals surface area contributed by atoms with Gasteiger partial charge in [0.15, 0.2) is 11.6 Å². The molecule has 0 aliphatic heterocycles. The highest BCUT2D eigenvalue weighted by Crippen LogP contribution is 2.22. The van der Waals surface area contributed by atoms with Crippen LogP contribution in [0, 0.1) is 5.82 Å². The third kappa shape index (κ3) is 4.61. The van der Waals surface area contributed by atoms with Crippen LogP contribution in [0.3, 0.4) is 0 Å². The van der Waals surface area contributed by atoms with Gasteiger partial charge in [0.1, 0.15) is 25.3 Å². The zero-order valence-electron chi connectivity index (χ0n) is 13.7. The van der Waals surface area contributed by atoms with Crippen molar-refractivity contribution in [2.75, 3.05) is 5.32 Å². The maximum atomic E-state index is 14.2. The Balaban J connectivity index is 1.57. The first-order chi connectivity index (χ1) is 12.6. The van der Waals surface area contributed by atoms with Crippen molar-refractivity contribution in [2.24, 2.45) is 5.73 Å². The van der Waals surface area contributed by atoms with E-state index in [0.717, 1.165) is 0 Å². The monoisotopic (exact) mass is 356 g/mol. The third-order valence-electron chi connectivity index (χ3n) is 3.49. The van der Waals surface area contributed by atoms with Gasteiger partial charge in [0.05, 0.1) is 12.2 Å². The number of ether oxygens (including phenoxy) is 1. The molecule has 0 saturated carbocycles. The highest BCUT2D eigenvalue weighted by atomic mass is 19.1. The maximum absolute atomic E-state index is 14.2. The molecule has 134 valence electrons. The van der Waals surface area contributed by atoms with E-state index in [1.54, 1.807) is 18.3 Å². The lowest BCUT2D eigenvalue weighted by molar-refractivity contribution is -0.117. The van der Waals surface area contributed by atoms with E-state index < -0.39 is 17.8 Å². The van der Waals surface area contributed by atoms with Crippen LogP contribution in [0.15, 0.2) is 55.2 Å². The molecule has 1 atom stereocenters. The Morgan fingerprint density at radius 2 is 2.23 bits per heavy atom. The molecule has 2 aromatic heterocycles. The molecule has 8 nitrogen and oxygen atoms in total. The van der Waals surface area contributed by atoms with Crippen LogP contribution in [-0.4, -0.2) is 31.7 Å². The van der Waals surface area contributed by atoms with Gasteiger partial charge in [-0.1, -0.05) is 6.07 Å². The van der Waals surface area contributed by atoms with Gasteiger partial charge in [0.2, 0.25) is 5.91 Å². The molecule has 1 unspecified atom stereocenters. The molecule has 3 N–H and O–H groups in total. The number of carbonyl (C=O) groups is 1. The number of nitrogens with two attached hydrogens (primary N) is 1. The van der Waals surface area contributed by atoms with E-state index in [1.165, 1.54) is 35.5 Å². The number of nitrogens with one attached hydrogen (secondary N) is 1. The van der Waals surface area contributed by atoms with E-state index in [2.05, 4.69) is 20.4 Å². The van der Waals surface area contributed by atoms with Crippen molar-refractivity contribution in [3.63, 3.8) is 0 Å². The first-order valence-electron chi connectivity index (χ1n) is 7.83. The molecule has 0 fully saturated rings. The van der Waals surface area contributed by atoms with Crippen LogP contribution in [-0.2, 0) is 17.9 Å². The van der Waals surface area contributed by atoms with Crippen LogP contribution in [0.5, 0.6) is 5.75 Å². The minimum absolute atomic E-state index is 0.0700. The minimum Gasteiger partial charge on any atom is -0.484 e. The highest BCUT2D eigenvalue weighted by Gasteiger charge is 2.15. The number of halogens is 1. The molecule has 3 rings (SSSR count). The van der Waals surface area contributed by atoms with Crippen molar-refractivity contribution in [2.45, 2.75) is 19.2 Å². The molecule has 0 aliphatic rings. The molecule has 0 spiro atoms. The Kier molecular flexibility index (Phi) is 5.49. The van der Waals surface area contributed by atoms with E-state index in [-0.39, 0.29) is 24.6 Å². The van der Waals surface area contributed by atoms with Gasteiger partial charge in [-0.25, -0.2) is 9.37 Å². The fourth-order valence-electron chi connectivity index (χ4n) is 2.18. The fourth-order valence-corrected chi connectivity index (χ4v) is 2.18. The van der Waals surface area contributed by atoms with E-state index in [0.29, 0.717) is 5.69 Å². The molecule has 0 aliphatic carbocycles. The van der Waals surface area contributed by atoms with Crippen LogP contribution in [0.4, 0.5) is 10.1 Å². The normalized spacial score (nSPS) is 11.8. The number of rotatable bonds is 7. The third-order valence-corrected chi connectivity index (χ3v) is 3.49. The van der Waals surface area contributed by atoms with Gasteiger partial charge >= 0.3 is 0 Å². The van der Waals surface area contributed by atoms with E-state index in [4.69, 9.17) is 10.5 Å². The molecule has 2 heterocycles. The lowest BCUT2D eigenvalue weighted by atomic mass is 10.2. The van der Waals surface area contributed by atoms with Gasteiger partial charge < -0.3 is 15.8 Å². The molecular weight excluding hydrogens is 339 g/mol. The first-order valence-corrected chi connectivity index (χ1v) is 7.83. The number of hydrogen-bond acceptors (Lipinski definition) is 6. The van der Waals surface area contributed by atoms with Crippen molar-refractivity contribution in [3.05, 3.63) is 66.8 Å². The number of nitrogens with zero attached hydrogens (tertiary/aromatic N) is 4. The molecule has 3 aromatic rings. The number of aromatic nitrogens is 4. The predicted octanol–water partition coefficient (Wildman–Crippen LogP) is 1.36. The maximum Gasteiger partial charge on any atom is 0.243 e. The second kappa shape index (κ2) is 8.17. The minimum atomic E-state index is -0.847. The Morgan fingerprint density at radius 3 is 2.92 bits per heavy atom. The van der Waals surface area contributed by atoms with Crippen LogP contribution in [0.2, 0.25) is 0 Å². The van der Waals surface area contributed by atoms with Gasteiger partial charge in [0, 0.05) is 18.0 Å². The summed E-state index contributed by atoms with van der Waals surface area (Å²) in [7, 11) is 0. The molecular formula is C17H17FN6O2. The van der Waals surface area contributed by atoms with Crippen molar-refractivity contribution in [3.8, 4) is 5.75 Å². The smallest absolute Gasteiger partial charge is 0.243 e. The van der Waals surface area contributed by atoms with Crippen LogP contribution in [0.25, 0.3) is 0 Å². The Hall–Kier alpha value is -3.33. The SMILES string of the molecule is NC(Cn1cncn1)C(=O)Nc1ccc(OCc2ccccn2)c(F)c1. The average molecular weight is 356 g/mol. The summed E-state index contributed by atoms with van der Waals surface area (Å²) in [6, 6.07) is 8.70. The van der Waals surface area contributed by atoms with Crippen molar-refractivity contribution < 1.29 is 13.9 Å². The number of hydrogen-bond donors (Lipinski definition) is 2. The average Bonchev–Trinajstić information content (AvgIpc) is 3.15. The summed E-state index contributed by atoms with van der Waals surface area (Å²) >= 11 is 0. The van der Waals surface area contributed by atoms with E-state index >= 15 is 0 Å². The number of anilines is 1. The zero-order chi connectivity index (χ0) is 18.4. The summed E-state index contributed by atoms with van der Waals surface area (Å²) < 4.78 is 21.0. The number of carbonyl (C=O) groups excluding carboxylic acids is 1. The lowest BCUT2D eigenvalue weighted by Crippen LogP contribution is -2.39. The predicted molar refractivity (Wildman–Crippen MR) is 91.6 cm³/mol. The molecule has 9 heteroatoms. The molecule has 0 bridgehead atoms. The zero-order valence-corrected chi connectivity index (χ0v) is 13.7. The second-order valence-corrected chi connectivity index (χ2v) is 5.47. The fraction of sp³-hybridized carbons (Fsp3) is 0.176. The molecule has 0 saturated heterocycles. The van der Waals surface area contributed by atoms with Gasteiger partial charge in [0.25, 0.3) is 0 Å². The van der Waals surface area contributed by atoms with Gasteiger partial charge in [-0.3, -0.25) is 14.5 Å². The number of benzene rings is 1. The van der Waals surface area contributed by atoms with E-state index in [1.807, 2.05) is 6.07 Å². The molecule has 26 heavy (non-hydrogen) atoms. The quantitative estimate of drug-likeness (QED) is 0.662. The van der Waals surface area contributed by atoms with E-state index in [9.17, 15) is 9.18 Å². The van der Waals surface area contributed by atoms with Crippen molar-refractivity contribution in [1.82, 2.24) is 19.7 Å². The van der Waals surface area contributed by atoms with Crippen LogP contribution < -0.4 is 15.8 Å². The van der Waals surface area contributed by atoms with Crippen molar-refractivity contribution >= 4 is 11.6 Å². The number of amides is 1. The summed E-state index contributed by atoms with van der Waals surface area (Å²) in [5.41, 5.74) is 6.78. The molecule has 1 aromatic carbocycles.